The van der Waals surface area contributed by atoms with E-state index >= 15 is 0 Å². The summed E-state index contributed by atoms with van der Waals surface area (Å²) < 4.78 is 0. The Hall–Kier alpha value is -2.74. The molecule has 1 aromatic rings. The first-order chi connectivity index (χ1) is 10.6. The minimum Gasteiger partial charge on any atom is -0.479 e. The number of aryl methyl sites for hydroxylation is 1. The molecule has 0 saturated heterocycles. The first kappa shape index (κ1) is 16.6. The molecular weight excluding hydrogens is 304 g/mol. The van der Waals surface area contributed by atoms with Crippen LogP contribution in [0.5, 0.6) is 0 Å². The molecule has 8 nitrogen and oxygen atoms in total. The number of fused-ring (bicyclic) bond motifs is 1. The van der Waals surface area contributed by atoms with Crippen molar-refractivity contribution in [3.63, 3.8) is 0 Å². The Balaban J connectivity index is 2.05. The highest BCUT2D eigenvalue weighted by molar-refractivity contribution is 6.22. The Morgan fingerprint density at radius 2 is 1.83 bits per heavy atom. The van der Waals surface area contributed by atoms with Crippen molar-refractivity contribution >= 4 is 23.7 Å². The van der Waals surface area contributed by atoms with E-state index in [0.29, 0.717) is 0 Å². The molecule has 23 heavy (non-hydrogen) atoms. The Labute approximate surface area is 131 Å². The maximum Gasteiger partial charge on any atom is 0.337 e. The van der Waals surface area contributed by atoms with Gasteiger partial charge in [0.2, 0.25) is 5.91 Å². The molecule has 0 bridgehead atoms. The van der Waals surface area contributed by atoms with Crippen molar-refractivity contribution in [3.8, 4) is 0 Å². The summed E-state index contributed by atoms with van der Waals surface area (Å²) in [6, 6.07) is 4.79. The van der Waals surface area contributed by atoms with Crippen LogP contribution in [0.4, 0.5) is 0 Å². The number of carboxylic acid groups (broad SMARTS) is 1. The van der Waals surface area contributed by atoms with Crippen molar-refractivity contribution in [1.82, 2.24) is 10.2 Å². The van der Waals surface area contributed by atoms with Gasteiger partial charge < -0.3 is 15.5 Å². The van der Waals surface area contributed by atoms with Gasteiger partial charge in [-0.3, -0.25) is 19.3 Å². The molecular formula is C15H16N2O6. The number of aliphatic hydroxyl groups is 1. The van der Waals surface area contributed by atoms with Gasteiger partial charge >= 0.3 is 5.97 Å². The van der Waals surface area contributed by atoms with E-state index in [1.807, 2.05) is 0 Å². The van der Waals surface area contributed by atoms with Crippen molar-refractivity contribution in [2.45, 2.75) is 19.4 Å². The first-order valence-electron chi connectivity index (χ1n) is 6.83. The standard InChI is InChI=1S/C15H16N2O6/c1-8-3-4-9-10(5-8)13(20)17(12(9)19)6-11(18)16-7-15(2,23)14(21)22/h3-5,23H,6-7H2,1-2H3,(H,16,18)(H,21,22). The fourth-order valence-electron chi connectivity index (χ4n) is 2.09. The summed E-state index contributed by atoms with van der Waals surface area (Å²) in [6.45, 7) is 1.73. The van der Waals surface area contributed by atoms with Gasteiger partial charge in [0.1, 0.15) is 6.54 Å². The van der Waals surface area contributed by atoms with Gasteiger partial charge in [0.25, 0.3) is 11.8 Å². The van der Waals surface area contributed by atoms with Crippen molar-refractivity contribution in [1.29, 1.82) is 0 Å². The molecule has 122 valence electrons. The first-order valence-corrected chi connectivity index (χ1v) is 6.83. The molecule has 1 heterocycles. The summed E-state index contributed by atoms with van der Waals surface area (Å²) >= 11 is 0. The molecule has 0 saturated carbocycles. The van der Waals surface area contributed by atoms with Crippen LogP contribution in [0.15, 0.2) is 18.2 Å². The molecule has 0 fully saturated rings. The molecule has 3 N–H and O–H groups in total. The highest BCUT2D eigenvalue weighted by Crippen LogP contribution is 2.23. The van der Waals surface area contributed by atoms with Crippen LogP contribution in [0.2, 0.25) is 0 Å². The van der Waals surface area contributed by atoms with Crippen LogP contribution in [0.1, 0.15) is 33.2 Å². The van der Waals surface area contributed by atoms with Crippen LogP contribution in [0.3, 0.4) is 0 Å². The lowest BCUT2D eigenvalue weighted by molar-refractivity contribution is -0.156. The van der Waals surface area contributed by atoms with E-state index in [2.05, 4.69) is 5.32 Å². The van der Waals surface area contributed by atoms with Gasteiger partial charge in [0.15, 0.2) is 5.60 Å². The van der Waals surface area contributed by atoms with Crippen LogP contribution in [0.25, 0.3) is 0 Å². The second-order valence-electron chi connectivity index (χ2n) is 5.60. The second-order valence-corrected chi connectivity index (χ2v) is 5.60. The normalized spacial score (nSPS) is 16.0. The van der Waals surface area contributed by atoms with Crippen LogP contribution in [-0.2, 0) is 9.59 Å². The predicted molar refractivity (Wildman–Crippen MR) is 77.8 cm³/mol. The summed E-state index contributed by atoms with van der Waals surface area (Å²) in [4.78, 5) is 47.7. The van der Waals surface area contributed by atoms with Crippen LogP contribution >= 0.6 is 0 Å². The number of hydrogen-bond donors (Lipinski definition) is 3. The van der Waals surface area contributed by atoms with Crippen molar-refractivity contribution < 1.29 is 29.4 Å². The Morgan fingerprint density at radius 3 is 2.43 bits per heavy atom. The van der Waals surface area contributed by atoms with Gasteiger partial charge in [-0.15, -0.1) is 0 Å². The zero-order chi connectivity index (χ0) is 17.4. The Morgan fingerprint density at radius 1 is 1.22 bits per heavy atom. The molecule has 1 atom stereocenters. The number of carbonyl (C=O) groups excluding carboxylic acids is 3. The molecule has 0 aliphatic carbocycles. The third-order valence-corrected chi connectivity index (χ3v) is 3.52. The molecule has 1 aliphatic rings. The molecule has 1 aromatic carbocycles. The molecule has 2 rings (SSSR count). The summed E-state index contributed by atoms with van der Waals surface area (Å²) in [7, 11) is 0. The number of nitrogens with zero attached hydrogens (tertiary/aromatic N) is 1. The maximum absolute atomic E-state index is 12.2. The average molecular weight is 320 g/mol. The van der Waals surface area contributed by atoms with E-state index in [9.17, 15) is 24.3 Å². The van der Waals surface area contributed by atoms with Crippen molar-refractivity contribution in [2.75, 3.05) is 13.1 Å². The van der Waals surface area contributed by atoms with E-state index in [4.69, 9.17) is 5.11 Å². The topological polar surface area (TPSA) is 124 Å². The summed E-state index contributed by atoms with van der Waals surface area (Å²) in [5.41, 5.74) is -0.852. The minimum absolute atomic E-state index is 0.228. The molecule has 0 aromatic heterocycles. The predicted octanol–water partition coefficient (Wildman–Crippen LogP) is -0.457. The summed E-state index contributed by atoms with van der Waals surface area (Å²) in [5, 5.41) is 20.5. The molecule has 1 aliphatic heterocycles. The Bertz CT molecular complexity index is 710. The van der Waals surface area contributed by atoms with Gasteiger partial charge in [0.05, 0.1) is 17.7 Å². The average Bonchev–Trinajstić information content (AvgIpc) is 2.70. The van der Waals surface area contributed by atoms with Crippen LogP contribution in [-0.4, -0.2) is 57.5 Å². The maximum atomic E-state index is 12.2. The van der Waals surface area contributed by atoms with Gasteiger partial charge in [-0.1, -0.05) is 11.6 Å². The zero-order valence-electron chi connectivity index (χ0n) is 12.6. The van der Waals surface area contributed by atoms with E-state index in [-0.39, 0.29) is 11.1 Å². The number of amides is 3. The SMILES string of the molecule is Cc1ccc2c(c1)C(=O)N(CC(=O)NCC(C)(O)C(=O)O)C2=O. The molecule has 1 unspecified atom stereocenters. The third kappa shape index (κ3) is 3.21. The number of carboxylic acids is 1. The lowest BCUT2D eigenvalue weighted by Crippen LogP contribution is -2.49. The van der Waals surface area contributed by atoms with E-state index < -0.39 is 42.4 Å². The number of benzene rings is 1. The quantitative estimate of drug-likeness (QED) is 0.631. The summed E-state index contributed by atoms with van der Waals surface area (Å²) in [6.07, 6.45) is 0. The molecule has 0 spiro atoms. The fraction of sp³-hybridized carbons (Fsp3) is 0.333. The number of rotatable bonds is 5. The number of hydrogen-bond acceptors (Lipinski definition) is 5. The van der Waals surface area contributed by atoms with Crippen LogP contribution < -0.4 is 5.32 Å². The number of carbonyl (C=O) groups is 4. The number of aliphatic carboxylic acids is 1. The minimum atomic E-state index is -2.13. The largest absolute Gasteiger partial charge is 0.479 e. The van der Waals surface area contributed by atoms with Crippen molar-refractivity contribution in [3.05, 3.63) is 34.9 Å². The molecule has 3 amide bonds. The van der Waals surface area contributed by atoms with Gasteiger partial charge in [-0.2, -0.15) is 0 Å². The van der Waals surface area contributed by atoms with E-state index in [1.165, 1.54) is 6.07 Å². The van der Waals surface area contributed by atoms with Gasteiger partial charge in [-0.05, 0) is 26.0 Å². The number of nitrogens with one attached hydrogen (secondary N) is 1. The van der Waals surface area contributed by atoms with Crippen molar-refractivity contribution in [2.24, 2.45) is 0 Å². The zero-order valence-corrected chi connectivity index (χ0v) is 12.6. The highest BCUT2D eigenvalue weighted by Gasteiger charge is 2.37. The number of imide groups is 1. The highest BCUT2D eigenvalue weighted by atomic mass is 16.4. The third-order valence-electron chi connectivity index (χ3n) is 3.52. The fourth-order valence-corrected chi connectivity index (χ4v) is 2.09. The lowest BCUT2D eigenvalue weighted by atomic mass is 10.1. The monoisotopic (exact) mass is 320 g/mol. The smallest absolute Gasteiger partial charge is 0.337 e. The van der Waals surface area contributed by atoms with E-state index in [1.54, 1.807) is 19.1 Å². The van der Waals surface area contributed by atoms with E-state index in [0.717, 1.165) is 17.4 Å². The van der Waals surface area contributed by atoms with Gasteiger partial charge in [-0.25, -0.2) is 4.79 Å². The summed E-state index contributed by atoms with van der Waals surface area (Å²) in [5.74, 6) is -3.38. The second kappa shape index (κ2) is 5.81. The van der Waals surface area contributed by atoms with Gasteiger partial charge in [0, 0.05) is 0 Å². The lowest BCUT2D eigenvalue weighted by Gasteiger charge is -2.19. The molecule has 8 heteroatoms. The van der Waals surface area contributed by atoms with Crippen LogP contribution in [0, 0.1) is 6.92 Å². The molecule has 0 radical (unpaired) electrons. The Kier molecular flexibility index (Phi) is 4.20.